The fraction of sp³-hybridized carbons (Fsp3) is 1.00. The zero-order valence-corrected chi connectivity index (χ0v) is 12.3. The molecule has 0 aromatic rings. The van der Waals surface area contributed by atoms with Gasteiger partial charge in [-0.1, -0.05) is 34.6 Å². The summed E-state index contributed by atoms with van der Waals surface area (Å²) < 4.78 is 5.41. The third-order valence-corrected chi connectivity index (χ3v) is 1.68. The molecule has 0 aromatic heterocycles. The predicted molar refractivity (Wildman–Crippen MR) is 71.6 cm³/mol. The molecule has 2 heteroatoms. The Morgan fingerprint density at radius 2 is 1.53 bits per heavy atom. The van der Waals surface area contributed by atoms with Crippen molar-refractivity contribution >= 4 is 0 Å². The van der Waals surface area contributed by atoms with Crippen molar-refractivity contribution in [3.8, 4) is 0 Å². The molecule has 0 aromatic carbocycles. The lowest BCUT2D eigenvalue weighted by Crippen LogP contribution is -2.20. The van der Waals surface area contributed by atoms with Crippen LogP contribution in [-0.4, -0.2) is 37.7 Å². The van der Waals surface area contributed by atoms with Gasteiger partial charge in [-0.2, -0.15) is 0 Å². The van der Waals surface area contributed by atoms with E-state index in [1.54, 1.807) is 0 Å². The number of hydrogen-bond donors (Lipinski definition) is 0. The molecule has 0 radical (unpaired) electrons. The van der Waals surface area contributed by atoms with Crippen molar-refractivity contribution in [3.63, 3.8) is 0 Å². The zero-order valence-electron chi connectivity index (χ0n) is 12.3. The molecule has 0 N–H and O–H groups in total. The highest BCUT2D eigenvalue weighted by molar-refractivity contribution is 4.47. The number of hydrogen-bond acceptors (Lipinski definition) is 2. The summed E-state index contributed by atoms with van der Waals surface area (Å²) in [6.45, 7) is 17.5. The molecule has 0 atom stereocenters. The Balaban J connectivity index is -0.000000318. The van der Waals surface area contributed by atoms with Crippen molar-refractivity contribution in [2.75, 3.05) is 26.7 Å². The maximum atomic E-state index is 5.41. The van der Waals surface area contributed by atoms with E-state index in [2.05, 4.69) is 32.7 Å². The minimum Gasteiger partial charge on any atom is -0.379 e. The summed E-state index contributed by atoms with van der Waals surface area (Å²) in [5.74, 6) is 0. The molecule has 0 rings (SSSR count). The van der Waals surface area contributed by atoms with Crippen LogP contribution in [0.4, 0.5) is 0 Å². The summed E-state index contributed by atoms with van der Waals surface area (Å²) in [6, 6.07) is 0. The van der Waals surface area contributed by atoms with Gasteiger partial charge < -0.3 is 9.64 Å². The quantitative estimate of drug-likeness (QED) is 0.630. The van der Waals surface area contributed by atoms with Gasteiger partial charge in [-0.25, -0.2) is 0 Å². The topological polar surface area (TPSA) is 12.5 Å². The van der Waals surface area contributed by atoms with Gasteiger partial charge in [0, 0.05) is 13.2 Å². The predicted octanol–water partition coefficient (Wildman–Crippen LogP) is 3.81. The second kappa shape index (κ2) is 19.5. The molecule has 0 bridgehead atoms. The lowest BCUT2D eigenvalue weighted by molar-refractivity contribution is 0.0724. The average molecular weight is 219 g/mol. The van der Waals surface area contributed by atoms with Crippen LogP contribution in [0.3, 0.4) is 0 Å². The Morgan fingerprint density at radius 3 is 1.87 bits per heavy atom. The van der Waals surface area contributed by atoms with Gasteiger partial charge in [-0.05, 0) is 33.9 Å². The first-order valence-corrected chi connectivity index (χ1v) is 6.47. The second-order valence-electron chi connectivity index (χ2n) is 3.17. The Hall–Kier alpha value is -0.0800. The lowest BCUT2D eigenvalue weighted by Gasteiger charge is -2.14. The van der Waals surface area contributed by atoms with Crippen LogP contribution in [0.15, 0.2) is 0 Å². The van der Waals surface area contributed by atoms with Crippen LogP contribution in [0.1, 0.15) is 54.9 Å². The first-order valence-electron chi connectivity index (χ1n) is 6.47. The Kier molecular flexibility index (Phi) is 26.4. The first-order chi connectivity index (χ1) is 7.16. The van der Waals surface area contributed by atoms with E-state index in [1.807, 2.05) is 27.7 Å². The SMILES string of the molecule is CC.CC.CCN(C)CCCOC(C)C. The fourth-order valence-corrected chi connectivity index (χ4v) is 0.812. The van der Waals surface area contributed by atoms with Gasteiger partial charge in [0.25, 0.3) is 0 Å². The number of nitrogens with zero attached hydrogens (tertiary/aromatic N) is 1. The molecule has 0 spiro atoms. The van der Waals surface area contributed by atoms with Crippen LogP contribution in [0.2, 0.25) is 0 Å². The third kappa shape index (κ3) is 24.9. The van der Waals surface area contributed by atoms with Crippen molar-refractivity contribution in [2.45, 2.75) is 61.0 Å². The van der Waals surface area contributed by atoms with Crippen LogP contribution in [0.25, 0.3) is 0 Å². The molecular formula is C13H33NO. The van der Waals surface area contributed by atoms with Gasteiger partial charge in [0.05, 0.1) is 6.10 Å². The summed E-state index contributed by atoms with van der Waals surface area (Å²) in [7, 11) is 2.13. The molecule has 0 aliphatic rings. The molecule has 0 aliphatic heterocycles. The molecule has 96 valence electrons. The minimum absolute atomic E-state index is 0.377. The van der Waals surface area contributed by atoms with E-state index in [0.717, 1.165) is 26.1 Å². The smallest absolute Gasteiger partial charge is 0.0518 e. The van der Waals surface area contributed by atoms with E-state index in [-0.39, 0.29) is 0 Å². The summed E-state index contributed by atoms with van der Waals surface area (Å²) in [4.78, 5) is 2.30. The molecule has 0 aliphatic carbocycles. The summed E-state index contributed by atoms with van der Waals surface area (Å²) >= 11 is 0. The largest absolute Gasteiger partial charge is 0.379 e. The summed E-state index contributed by atoms with van der Waals surface area (Å²) in [5, 5.41) is 0. The monoisotopic (exact) mass is 219 g/mol. The first kappa shape index (κ1) is 20.3. The highest BCUT2D eigenvalue weighted by Crippen LogP contribution is 1.92. The molecule has 0 saturated carbocycles. The van der Waals surface area contributed by atoms with E-state index in [9.17, 15) is 0 Å². The van der Waals surface area contributed by atoms with Crippen LogP contribution in [0.5, 0.6) is 0 Å². The normalized spacial score (nSPS) is 9.20. The molecule has 0 amide bonds. The van der Waals surface area contributed by atoms with Gasteiger partial charge in [0.2, 0.25) is 0 Å². The highest BCUT2D eigenvalue weighted by Gasteiger charge is 1.95. The van der Waals surface area contributed by atoms with Crippen molar-refractivity contribution in [3.05, 3.63) is 0 Å². The molecule has 2 nitrogen and oxygen atoms in total. The van der Waals surface area contributed by atoms with Gasteiger partial charge in [0.1, 0.15) is 0 Å². The standard InChI is InChI=1S/C9H21NO.2C2H6/c1-5-10(4)7-6-8-11-9(2)3;2*1-2/h9H,5-8H2,1-4H3;2*1-2H3. The fourth-order valence-electron chi connectivity index (χ4n) is 0.812. The molecule has 0 heterocycles. The summed E-state index contributed by atoms with van der Waals surface area (Å²) in [6.07, 6.45) is 1.52. The lowest BCUT2D eigenvalue weighted by atomic mass is 10.4. The number of ether oxygens (including phenoxy) is 1. The number of rotatable bonds is 6. The maximum Gasteiger partial charge on any atom is 0.0518 e. The van der Waals surface area contributed by atoms with E-state index < -0.39 is 0 Å². The van der Waals surface area contributed by atoms with Crippen molar-refractivity contribution in [2.24, 2.45) is 0 Å². The Labute approximate surface area is 98.0 Å². The van der Waals surface area contributed by atoms with Crippen LogP contribution in [0, 0.1) is 0 Å². The zero-order chi connectivity index (χ0) is 12.7. The van der Waals surface area contributed by atoms with Gasteiger partial charge in [0.15, 0.2) is 0 Å². The Bertz CT molecular complexity index is 84.6. The third-order valence-electron chi connectivity index (χ3n) is 1.68. The molecular weight excluding hydrogens is 186 g/mol. The van der Waals surface area contributed by atoms with Crippen molar-refractivity contribution in [1.29, 1.82) is 0 Å². The Morgan fingerprint density at radius 1 is 1.07 bits per heavy atom. The van der Waals surface area contributed by atoms with Crippen LogP contribution >= 0.6 is 0 Å². The van der Waals surface area contributed by atoms with Crippen molar-refractivity contribution in [1.82, 2.24) is 4.90 Å². The minimum atomic E-state index is 0.377. The van der Waals surface area contributed by atoms with Crippen LogP contribution in [-0.2, 0) is 4.74 Å². The molecule has 0 fully saturated rings. The van der Waals surface area contributed by atoms with Gasteiger partial charge in [-0.3, -0.25) is 0 Å². The average Bonchev–Trinajstić information content (AvgIpc) is 2.29. The highest BCUT2D eigenvalue weighted by atomic mass is 16.5. The molecule has 0 unspecified atom stereocenters. The van der Waals surface area contributed by atoms with E-state index >= 15 is 0 Å². The second-order valence-corrected chi connectivity index (χ2v) is 3.17. The molecule has 0 saturated heterocycles. The van der Waals surface area contributed by atoms with Gasteiger partial charge in [-0.15, -0.1) is 0 Å². The van der Waals surface area contributed by atoms with E-state index in [1.165, 1.54) is 0 Å². The summed E-state index contributed by atoms with van der Waals surface area (Å²) in [5.41, 5.74) is 0. The van der Waals surface area contributed by atoms with E-state index in [0.29, 0.717) is 6.10 Å². The van der Waals surface area contributed by atoms with Crippen molar-refractivity contribution < 1.29 is 4.74 Å². The van der Waals surface area contributed by atoms with Crippen LogP contribution < -0.4 is 0 Å². The van der Waals surface area contributed by atoms with Gasteiger partial charge >= 0.3 is 0 Å². The molecule has 15 heavy (non-hydrogen) atoms. The maximum absolute atomic E-state index is 5.41. The van der Waals surface area contributed by atoms with E-state index in [4.69, 9.17) is 4.74 Å².